The number of aromatic nitrogens is 2. The van der Waals surface area contributed by atoms with Gasteiger partial charge in [0, 0.05) is 37.0 Å². The Morgan fingerprint density at radius 2 is 2.11 bits per heavy atom. The van der Waals surface area contributed by atoms with Crippen molar-refractivity contribution in [1.82, 2.24) is 15.1 Å². The lowest BCUT2D eigenvalue weighted by Gasteiger charge is -2.24. The molecule has 0 bridgehead atoms. The molecule has 0 aromatic carbocycles. The number of rotatable bonds is 4. The quantitative estimate of drug-likeness (QED) is 0.891. The van der Waals surface area contributed by atoms with Gasteiger partial charge in [0.15, 0.2) is 0 Å². The average Bonchev–Trinajstić information content (AvgIpc) is 2.88. The number of hydrogen-bond acceptors (Lipinski definition) is 3. The summed E-state index contributed by atoms with van der Waals surface area (Å²) in [4.78, 5) is 0. The Kier molecular flexibility index (Phi) is 4.07. The highest BCUT2D eigenvalue weighted by Gasteiger charge is 2.25. The lowest BCUT2D eigenvalue weighted by molar-refractivity contribution is 0.177. The SMILES string of the molecule is Cc1nn(C)c(C)c1C(C)NC(C)C1CCOC1. The largest absolute Gasteiger partial charge is 0.381 e. The van der Waals surface area contributed by atoms with Gasteiger partial charge in [-0.1, -0.05) is 0 Å². The Bertz CT molecular complexity index is 407. The van der Waals surface area contributed by atoms with Crippen LogP contribution in [0.2, 0.25) is 0 Å². The maximum absolute atomic E-state index is 5.46. The van der Waals surface area contributed by atoms with E-state index in [-0.39, 0.29) is 0 Å². The number of aryl methyl sites for hydroxylation is 2. The smallest absolute Gasteiger partial charge is 0.0644 e. The lowest BCUT2D eigenvalue weighted by Crippen LogP contribution is -2.36. The second kappa shape index (κ2) is 5.41. The minimum atomic E-state index is 0.342. The van der Waals surface area contributed by atoms with Crippen LogP contribution in [0.1, 0.15) is 43.3 Å². The molecule has 2 rings (SSSR count). The summed E-state index contributed by atoms with van der Waals surface area (Å²) < 4.78 is 7.43. The first-order valence-electron chi connectivity index (χ1n) is 6.84. The third kappa shape index (κ3) is 2.59. The van der Waals surface area contributed by atoms with Gasteiger partial charge in [0.05, 0.1) is 12.3 Å². The van der Waals surface area contributed by atoms with E-state index >= 15 is 0 Å². The molecule has 102 valence electrons. The molecule has 2 heterocycles. The van der Waals surface area contributed by atoms with Gasteiger partial charge in [0.25, 0.3) is 0 Å². The van der Waals surface area contributed by atoms with Gasteiger partial charge in [-0.2, -0.15) is 5.10 Å². The predicted molar refractivity (Wildman–Crippen MR) is 72.6 cm³/mol. The van der Waals surface area contributed by atoms with Crippen molar-refractivity contribution in [2.75, 3.05) is 13.2 Å². The van der Waals surface area contributed by atoms with Crippen molar-refractivity contribution in [2.45, 2.75) is 46.2 Å². The van der Waals surface area contributed by atoms with Gasteiger partial charge in [-0.25, -0.2) is 0 Å². The summed E-state index contributed by atoms with van der Waals surface area (Å²) in [5.41, 5.74) is 3.72. The van der Waals surface area contributed by atoms with E-state index in [2.05, 4.69) is 38.1 Å². The standard InChI is InChI=1S/C14H25N3O/c1-9(13-6-7-18-8-13)15-10(2)14-11(3)16-17(5)12(14)4/h9-10,13,15H,6-8H2,1-5H3. The summed E-state index contributed by atoms with van der Waals surface area (Å²) in [6.45, 7) is 10.5. The number of hydrogen-bond donors (Lipinski definition) is 1. The first-order valence-corrected chi connectivity index (χ1v) is 6.84. The molecule has 4 heteroatoms. The van der Waals surface area contributed by atoms with Crippen molar-refractivity contribution in [2.24, 2.45) is 13.0 Å². The van der Waals surface area contributed by atoms with Crippen molar-refractivity contribution >= 4 is 0 Å². The molecule has 1 saturated heterocycles. The van der Waals surface area contributed by atoms with Gasteiger partial charge in [-0.05, 0) is 40.0 Å². The van der Waals surface area contributed by atoms with Gasteiger partial charge in [-0.3, -0.25) is 4.68 Å². The molecular weight excluding hydrogens is 226 g/mol. The Hall–Kier alpha value is -0.870. The van der Waals surface area contributed by atoms with Crippen molar-refractivity contribution in [3.63, 3.8) is 0 Å². The molecule has 3 unspecified atom stereocenters. The Morgan fingerprint density at radius 3 is 2.61 bits per heavy atom. The molecule has 4 nitrogen and oxygen atoms in total. The van der Waals surface area contributed by atoms with Crippen LogP contribution in [0.3, 0.4) is 0 Å². The van der Waals surface area contributed by atoms with Crippen LogP contribution in [0, 0.1) is 19.8 Å². The van der Waals surface area contributed by atoms with E-state index in [4.69, 9.17) is 4.74 Å². The molecule has 1 fully saturated rings. The van der Waals surface area contributed by atoms with Gasteiger partial charge in [0.1, 0.15) is 0 Å². The molecule has 0 spiro atoms. The normalized spacial score (nSPS) is 23.3. The fourth-order valence-corrected chi connectivity index (χ4v) is 2.98. The Balaban J connectivity index is 2.04. The number of nitrogens with zero attached hydrogens (tertiary/aromatic N) is 2. The highest BCUT2D eigenvalue weighted by molar-refractivity contribution is 5.27. The van der Waals surface area contributed by atoms with Crippen molar-refractivity contribution in [1.29, 1.82) is 0 Å². The summed E-state index contributed by atoms with van der Waals surface area (Å²) >= 11 is 0. The van der Waals surface area contributed by atoms with Crippen molar-refractivity contribution < 1.29 is 4.74 Å². The van der Waals surface area contributed by atoms with Gasteiger partial charge >= 0.3 is 0 Å². The molecule has 1 aliphatic heterocycles. The summed E-state index contributed by atoms with van der Waals surface area (Å²) in [5, 5.41) is 8.19. The van der Waals surface area contributed by atoms with Gasteiger partial charge in [0.2, 0.25) is 0 Å². The molecule has 0 saturated carbocycles. The molecular formula is C14H25N3O. The highest BCUT2D eigenvalue weighted by atomic mass is 16.5. The molecule has 3 atom stereocenters. The summed E-state index contributed by atoms with van der Waals surface area (Å²) in [6, 6.07) is 0.829. The zero-order valence-corrected chi connectivity index (χ0v) is 12.2. The molecule has 1 N–H and O–H groups in total. The van der Waals surface area contributed by atoms with Crippen LogP contribution >= 0.6 is 0 Å². The van der Waals surface area contributed by atoms with E-state index < -0.39 is 0 Å². The fraction of sp³-hybridized carbons (Fsp3) is 0.786. The van der Waals surface area contributed by atoms with Crippen LogP contribution in [0.15, 0.2) is 0 Å². The Morgan fingerprint density at radius 1 is 1.39 bits per heavy atom. The molecule has 0 amide bonds. The highest BCUT2D eigenvalue weighted by Crippen LogP contribution is 2.24. The molecule has 1 aliphatic rings. The zero-order valence-electron chi connectivity index (χ0n) is 12.2. The van der Waals surface area contributed by atoms with Gasteiger partial charge < -0.3 is 10.1 Å². The van der Waals surface area contributed by atoms with Crippen LogP contribution in [-0.4, -0.2) is 29.0 Å². The molecule has 1 aromatic heterocycles. The van der Waals surface area contributed by atoms with Crippen LogP contribution in [-0.2, 0) is 11.8 Å². The number of ether oxygens (including phenoxy) is 1. The first kappa shape index (κ1) is 13.6. The van der Waals surface area contributed by atoms with E-state index in [0.717, 1.165) is 18.9 Å². The molecule has 0 radical (unpaired) electrons. The average molecular weight is 251 g/mol. The second-order valence-corrected chi connectivity index (χ2v) is 5.51. The third-order valence-electron chi connectivity index (χ3n) is 4.18. The van der Waals surface area contributed by atoms with E-state index in [0.29, 0.717) is 18.0 Å². The topological polar surface area (TPSA) is 39.1 Å². The van der Waals surface area contributed by atoms with Crippen LogP contribution in [0.4, 0.5) is 0 Å². The molecule has 1 aromatic rings. The lowest BCUT2D eigenvalue weighted by atomic mass is 9.98. The van der Waals surface area contributed by atoms with Crippen LogP contribution < -0.4 is 5.32 Å². The van der Waals surface area contributed by atoms with E-state index in [1.807, 2.05) is 11.7 Å². The van der Waals surface area contributed by atoms with E-state index in [1.54, 1.807) is 0 Å². The zero-order chi connectivity index (χ0) is 13.3. The molecule has 0 aliphatic carbocycles. The maximum Gasteiger partial charge on any atom is 0.0644 e. The minimum absolute atomic E-state index is 0.342. The summed E-state index contributed by atoms with van der Waals surface area (Å²) in [5.74, 6) is 0.643. The van der Waals surface area contributed by atoms with Gasteiger partial charge in [-0.15, -0.1) is 0 Å². The predicted octanol–water partition coefficient (Wildman–Crippen LogP) is 2.11. The van der Waals surface area contributed by atoms with Crippen molar-refractivity contribution in [3.05, 3.63) is 17.0 Å². The monoisotopic (exact) mass is 251 g/mol. The molecule has 18 heavy (non-hydrogen) atoms. The minimum Gasteiger partial charge on any atom is -0.381 e. The van der Waals surface area contributed by atoms with E-state index in [9.17, 15) is 0 Å². The maximum atomic E-state index is 5.46. The summed E-state index contributed by atoms with van der Waals surface area (Å²) in [6.07, 6.45) is 1.17. The Labute approximate surface area is 110 Å². The van der Waals surface area contributed by atoms with Crippen LogP contribution in [0.25, 0.3) is 0 Å². The van der Waals surface area contributed by atoms with Crippen molar-refractivity contribution in [3.8, 4) is 0 Å². The van der Waals surface area contributed by atoms with E-state index in [1.165, 1.54) is 17.7 Å². The van der Waals surface area contributed by atoms with Crippen LogP contribution in [0.5, 0.6) is 0 Å². The number of nitrogens with one attached hydrogen (secondary N) is 1. The fourth-order valence-electron chi connectivity index (χ4n) is 2.98. The third-order valence-corrected chi connectivity index (χ3v) is 4.18. The second-order valence-electron chi connectivity index (χ2n) is 5.51. The summed E-state index contributed by atoms with van der Waals surface area (Å²) in [7, 11) is 2.01. The first-order chi connectivity index (χ1) is 8.50.